The zero-order valence-corrected chi connectivity index (χ0v) is 13.9. The highest BCUT2D eigenvalue weighted by Crippen LogP contribution is 2.18. The van der Waals surface area contributed by atoms with Gasteiger partial charge in [-0.1, -0.05) is 44.2 Å². The Labute approximate surface area is 131 Å². The van der Waals surface area contributed by atoms with Gasteiger partial charge in [0.25, 0.3) is 0 Å². The summed E-state index contributed by atoms with van der Waals surface area (Å²) in [6.45, 7) is 5.70. The molecule has 0 aliphatic rings. The third-order valence-electron chi connectivity index (χ3n) is 3.21. The van der Waals surface area contributed by atoms with Crippen molar-refractivity contribution in [1.29, 1.82) is 0 Å². The third kappa shape index (κ3) is 5.79. The van der Waals surface area contributed by atoms with E-state index >= 15 is 0 Å². The molecule has 2 N–H and O–H groups in total. The molecular weight excluding hydrogens is 284 g/mol. The highest BCUT2D eigenvalue weighted by atomic mass is 32.2. The first-order valence-corrected chi connectivity index (χ1v) is 8.18. The van der Waals surface area contributed by atoms with Gasteiger partial charge >= 0.3 is 0 Å². The highest BCUT2D eigenvalue weighted by Gasteiger charge is 2.25. The van der Waals surface area contributed by atoms with E-state index in [0.717, 1.165) is 5.75 Å². The van der Waals surface area contributed by atoms with Crippen LogP contribution in [0.15, 0.2) is 30.3 Å². The minimum atomic E-state index is -0.484. The smallest absolute Gasteiger partial charge is 0.242 e. The van der Waals surface area contributed by atoms with Crippen LogP contribution < -0.4 is 10.6 Å². The van der Waals surface area contributed by atoms with Crippen LogP contribution in [0, 0.1) is 5.92 Å². The monoisotopic (exact) mass is 308 g/mol. The number of carbonyl (C=O) groups is 2. The van der Waals surface area contributed by atoms with E-state index in [4.69, 9.17) is 0 Å². The number of likely N-dealkylation sites (N-methyl/N-ethyl adjacent to an activating group) is 1. The van der Waals surface area contributed by atoms with Gasteiger partial charge in [0.2, 0.25) is 11.8 Å². The molecule has 0 unspecified atom stereocenters. The van der Waals surface area contributed by atoms with Gasteiger partial charge < -0.3 is 10.6 Å². The molecule has 0 bridgehead atoms. The number of carbonyl (C=O) groups excluding carboxylic acids is 2. The molecule has 0 saturated carbocycles. The normalized spacial score (nSPS) is 13.6. The summed E-state index contributed by atoms with van der Waals surface area (Å²) >= 11 is 1.57. The minimum absolute atomic E-state index is 0.0558. The summed E-state index contributed by atoms with van der Waals surface area (Å²) in [4.78, 5) is 23.9. The van der Waals surface area contributed by atoms with E-state index in [1.165, 1.54) is 5.56 Å². The van der Waals surface area contributed by atoms with Crippen molar-refractivity contribution in [2.75, 3.05) is 7.05 Å². The van der Waals surface area contributed by atoms with Gasteiger partial charge in [0.15, 0.2) is 0 Å². The van der Waals surface area contributed by atoms with E-state index in [-0.39, 0.29) is 23.0 Å². The maximum absolute atomic E-state index is 12.2. The van der Waals surface area contributed by atoms with Crippen LogP contribution in [0.2, 0.25) is 0 Å². The van der Waals surface area contributed by atoms with Gasteiger partial charge in [0, 0.05) is 12.8 Å². The van der Waals surface area contributed by atoms with E-state index in [0.29, 0.717) is 0 Å². The summed E-state index contributed by atoms with van der Waals surface area (Å²) in [5, 5.41) is 5.22. The van der Waals surface area contributed by atoms with Crippen LogP contribution in [0.3, 0.4) is 0 Å². The summed E-state index contributed by atoms with van der Waals surface area (Å²) in [7, 11) is 1.58. The Kier molecular flexibility index (Phi) is 7.29. The number of nitrogens with one attached hydrogen (secondary N) is 2. The molecule has 0 aliphatic heterocycles. The second-order valence-corrected chi connectivity index (χ2v) is 6.61. The molecule has 2 amide bonds. The average Bonchev–Trinajstić information content (AvgIpc) is 2.49. The summed E-state index contributed by atoms with van der Waals surface area (Å²) in [6.07, 6.45) is 0. The van der Waals surface area contributed by atoms with Crippen LogP contribution in [0.1, 0.15) is 26.3 Å². The first kappa shape index (κ1) is 17.6. The molecule has 0 spiro atoms. The summed E-state index contributed by atoms with van der Waals surface area (Å²) in [5.74, 6) is 0.582. The zero-order chi connectivity index (χ0) is 15.8. The predicted molar refractivity (Wildman–Crippen MR) is 88.0 cm³/mol. The molecular formula is C16H24N2O2S. The number of thioether (sulfide) groups is 1. The molecule has 0 saturated heterocycles. The fraction of sp³-hybridized carbons (Fsp3) is 0.500. The van der Waals surface area contributed by atoms with Crippen LogP contribution in [-0.2, 0) is 15.3 Å². The lowest BCUT2D eigenvalue weighted by Crippen LogP contribution is -2.50. The number of benzene rings is 1. The van der Waals surface area contributed by atoms with Crippen molar-refractivity contribution >= 4 is 23.6 Å². The van der Waals surface area contributed by atoms with Gasteiger partial charge in [0.05, 0.1) is 5.25 Å². The lowest BCUT2D eigenvalue weighted by Gasteiger charge is -2.22. The SMILES string of the molecule is CNC(=O)[C@H](NC(=O)[C@@H](C)SCc1ccccc1)C(C)C. The van der Waals surface area contributed by atoms with E-state index in [2.05, 4.69) is 10.6 Å². The summed E-state index contributed by atoms with van der Waals surface area (Å²) in [6, 6.07) is 9.54. The lowest BCUT2D eigenvalue weighted by atomic mass is 10.0. The third-order valence-corrected chi connectivity index (χ3v) is 4.42. The van der Waals surface area contributed by atoms with Gasteiger partial charge in [0.1, 0.15) is 6.04 Å². The van der Waals surface area contributed by atoms with Crippen molar-refractivity contribution in [3.05, 3.63) is 35.9 Å². The minimum Gasteiger partial charge on any atom is -0.357 e. The lowest BCUT2D eigenvalue weighted by molar-refractivity contribution is -0.129. The average molecular weight is 308 g/mol. The molecule has 0 radical (unpaired) electrons. The fourth-order valence-corrected chi connectivity index (χ4v) is 2.69. The molecule has 0 fully saturated rings. The summed E-state index contributed by atoms with van der Waals surface area (Å²) in [5.41, 5.74) is 1.19. The molecule has 1 aromatic carbocycles. The Bertz CT molecular complexity index is 463. The summed E-state index contributed by atoms with van der Waals surface area (Å²) < 4.78 is 0. The number of amides is 2. The molecule has 0 heterocycles. The first-order chi connectivity index (χ1) is 9.95. The standard InChI is InChI=1S/C16H24N2O2S/c1-11(2)14(16(20)17-4)18-15(19)12(3)21-10-13-8-6-5-7-9-13/h5-9,11-12,14H,10H2,1-4H3,(H,17,20)(H,18,19)/t12-,14-/m1/s1. The van der Waals surface area contributed by atoms with Gasteiger partial charge in [-0.25, -0.2) is 0 Å². The molecule has 1 rings (SSSR count). The second kappa shape index (κ2) is 8.72. The molecule has 21 heavy (non-hydrogen) atoms. The van der Waals surface area contributed by atoms with E-state index in [1.54, 1.807) is 18.8 Å². The number of hydrogen-bond acceptors (Lipinski definition) is 3. The quantitative estimate of drug-likeness (QED) is 0.812. The van der Waals surface area contributed by atoms with Crippen molar-refractivity contribution < 1.29 is 9.59 Å². The van der Waals surface area contributed by atoms with E-state index in [9.17, 15) is 9.59 Å². The molecule has 5 heteroatoms. The second-order valence-electron chi connectivity index (χ2n) is 5.28. The maximum Gasteiger partial charge on any atom is 0.242 e. The van der Waals surface area contributed by atoms with Crippen LogP contribution >= 0.6 is 11.8 Å². The van der Waals surface area contributed by atoms with Crippen molar-refractivity contribution in [3.63, 3.8) is 0 Å². The van der Waals surface area contributed by atoms with Gasteiger partial charge in [-0.3, -0.25) is 9.59 Å². The van der Waals surface area contributed by atoms with E-state index in [1.807, 2.05) is 51.1 Å². The largest absolute Gasteiger partial charge is 0.357 e. The van der Waals surface area contributed by atoms with Crippen molar-refractivity contribution in [3.8, 4) is 0 Å². The topological polar surface area (TPSA) is 58.2 Å². The Balaban J connectivity index is 2.51. The molecule has 2 atom stereocenters. The predicted octanol–water partition coefficient (Wildman–Crippen LogP) is 2.20. The Morgan fingerprint density at radius 3 is 2.24 bits per heavy atom. The van der Waals surface area contributed by atoms with Crippen molar-refractivity contribution in [2.45, 2.75) is 37.8 Å². The first-order valence-electron chi connectivity index (χ1n) is 7.13. The Morgan fingerprint density at radius 1 is 1.10 bits per heavy atom. The maximum atomic E-state index is 12.2. The Hall–Kier alpha value is -1.49. The van der Waals surface area contributed by atoms with Gasteiger partial charge in [-0.15, -0.1) is 11.8 Å². The van der Waals surface area contributed by atoms with Crippen molar-refractivity contribution in [2.24, 2.45) is 5.92 Å². The van der Waals surface area contributed by atoms with Crippen LogP contribution in [0.5, 0.6) is 0 Å². The van der Waals surface area contributed by atoms with Crippen LogP contribution in [-0.4, -0.2) is 30.2 Å². The Morgan fingerprint density at radius 2 is 1.71 bits per heavy atom. The highest BCUT2D eigenvalue weighted by molar-refractivity contribution is 7.99. The molecule has 116 valence electrons. The molecule has 4 nitrogen and oxygen atoms in total. The molecule has 1 aromatic rings. The molecule has 0 aromatic heterocycles. The zero-order valence-electron chi connectivity index (χ0n) is 13.1. The van der Waals surface area contributed by atoms with Crippen LogP contribution in [0.4, 0.5) is 0 Å². The van der Waals surface area contributed by atoms with Gasteiger partial charge in [-0.05, 0) is 18.4 Å². The van der Waals surface area contributed by atoms with Crippen LogP contribution in [0.25, 0.3) is 0 Å². The van der Waals surface area contributed by atoms with Crippen molar-refractivity contribution in [1.82, 2.24) is 10.6 Å². The van der Waals surface area contributed by atoms with Gasteiger partial charge in [-0.2, -0.15) is 0 Å². The number of hydrogen-bond donors (Lipinski definition) is 2. The number of rotatable bonds is 7. The fourth-order valence-electron chi connectivity index (χ4n) is 1.83. The van der Waals surface area contributed by atoms with E-state index < -0.39 is 6.04 Å². The molecule has 0 aliphatic carbocycles.